The van der Waals surface area contributed by atoms with Crippen molar-refractivity contribution in [2.75, 3.05) is 9.80 Å². The van der Waals surface area contributed by atoms with Crippen molar-refractivity contribution in [1.29, 1.82) is 0 Å². The number of hydrogen-bond donors (Lipinski definition) is 0. The summed E-state index contributed by atoms with van der Waals surface area (Å²) in [5.74, 6) is 0. The number of allylic oxidation sites excluding steroid dienone is 4. The SMILES string of the molecule is CC(C)(C)C1=CC(c2ccccc2)=C(N2c3cc(-c4ccc(C(C)(C)C)cc4)ccc3B3c4ccc(C(C)(C)C)cc4N(c4ccc5c6c(cccc46)CCC5)c4cc(C(C)(C)C)cc2c43)CC1. The number of nitrogens with zero attached hydrogens (tertiary/aromatic N) is 2. The number of anilines is 5. The maximum atomic E-state index is 2.75. The largest absolute Gasteiger partial charge is 0.315 e. The Morgan fingerprint density at radius 1 is 0.412 bits per heavy atom. The van der Waals surface area contributed by atoms with E-state index in [1.165, 1.54) is 123 Å². The Hall–Kier alpha value is -6.06. The molecule has 2 aliphatic carbocycles. The van der Waals surface area contributed by atoms with Crippen molar-refractivity contribution in [3.05, 3.63) is 184 Å². The van der Waals surface area contributed by atoms with Crippen LogP contribution in [0.4, 0.5) is 28.4 Å². The van der Waals surface area contributed by atoms with Crippen LogP contribution in [0.25, 0.3) is 27.5 Å². The fourth-order valence-electron chi connectivity index (χ4n) is 11.8. The van der Waals surface area contributed by atoms with E-state index in [0.717, 1.165) is 25.7 Å². The summed E-state index contributed by atoms with van der Waals surface area (Å²) >= 11 is 0. The van der Waals surface area contributed by atoms with Gasteiger partial charge in [0.15, 0.2) is 0 Å². The number of hydrogen-bond acceptors (Lipinski definition) is 2. The van der Waals surface area contributed by atoms with Gasteiger partial charge in [0.1, 0.15) is 0 Å². The molecule has 0 saturated carbocycles. The predicted octanol–water partition coefficient (Wildman–Crippen LogP) is 15.8. The maximum Gasteiger partial charge on any atom is 0.252 e. The molecule has 0 unspecified atom stereocenters. The fourth-order valence-corrected chi connectivity index (χ4v) is 11.8. The average molecular weight is 889 g/mol. The Bertz CT molecular complexity index is 3220. The minimum absolute atomic E-state index is 0.0290. The Balaban J connectivity index is 1.27. The third-order valence-corrected chi connectivity index (χ3v) is 15.8. The number of rotatable bonds is 4. The van der Waals surface area contributed by atoms with E-state index < -0.39 is 0 Å². The molecule has 0 fully saturated rings. The first-order chi connectivity index (χ1) is 32.3. The van der Waals surface area contributed by atoms with Gasteiger partial charge >= 0.3 is 0 Å². The smallest absolute Gasteiger partial charge is 0.252 e. The molecule has 0 amide bonds. The molecule has 0 saturated heterocycles. The van der Waals surface area contributed by atoms with Crippen LogP contribution in [0, 0.1) is 5.41 Å². The van der Waals surface area contributed by atoms with Gasteiger partial charge in [-0.3, -0.25) is 0 Å². The van der Waals surface area contributed by atoms with E-state index in [1.54, 1.807) is 0 Å². The summed E-state index contributed by atoms with van der Waals surface area (Å²) in [6.07, 6.45) is 8.00. The summed E-state index contributed by atoms with van der Waals surface area (Å²) < 4.78 is 0. The van der Waals surface area contributed by atoms with Gasteiger partial charge in [0.25, 0.3) is 6.71 Å². The molecule has 2 aliphatic heterocycles. The highest BCUT2D eigenvalue weighted by molar-refractivity contribution is 7.00. The van der Waals surface area contributed by atoms with E-state index in [0.29, 0.717) is 0 Å². The predicted molar refractivity (Wildman–Crippen MR) is 296 cm³/mol. The van der Waals surface area contributed by atoms with Gasteiger partial charge in [-0.25, -0.2) is 0 Å². The highest BCUT2D eigenvalue weighted by atomic mass is 15.2. The molecule has 2 nitrogen and oxygen atoms in total. The van der Waals surface area contributed by atoms with Crippen LogP contribution in [0.15, 0.2) is 151 Å². The maximum absolute atomic E-state index is 2.75. The van der Waals surface area contributed by atoms with Crippen LogP contribution in [0.1, 0.15) is 136 Å². The minimum Gasteiger partial charge on any atom is -0.315 e. The molecule has 0 spiro atoms. The molecule has 0 aromatic heterocycles. The zero-order chi connectivity index (χ0) is 47.7. The monoisotopic (exact) mass is 889 g/mol. The molecular weight excluding hydrogens is 820 g/mol. The van der Waals surface area contributed by atoms with Crippen molar-refractivity contribution in [2.24, 2.45) is 5.41 Å². The van der Waals surface area contributed by atoms with E-state index in [4.69, 9.17) is 0 Å². The molecule has 342 valence electrons. The van der Waals surface area contributed by atoms with Gasteiger partial charge in [0, 0.05) is 39.4 Å². The highest BCUT2D eigenvalue weighted by Gasteiger charge is 2.46. The molecular formula is C65H69BN2. The van der Waals surface area contributed by atoms with Crippen molar-refractivity contribution in [3.8, 4) is 11.1 Å². The first-order valence-corrected chi connectivity index (χ1v) is 25.5. The molecule has 0 N–H and O–H groups in total. The lowest BCUT2D eigenvalue weighted by molar-refractivity contribution is 0.479. The van der Waals surface area contributed by atoms with Gasteiger partial charge < -0.3 is 9.80 Å². The Kier molecular flexibility index (Phi) is 10.3. The van der Waals surface area contributed by atoms with Gasteiger partial charge in [-0.15, -0.1) is 0 Å². The standard InChI is InChI=1S/C65H69BN2/c1-62(2,3)46-28-24-41(25-29-46)45-26-32-52-56(36-45)68(55-35-31-47(63(4,5)6)37-51(55)42-18-14-13-15-19-42)59-40-49(65(10,11)12)39-58-61(59)66(52)53-33-30-48(64(7,8)9)38-57(53)67(58)54-34-27-44-21-16-20-43-22-17-23-50(54)60(43)44/h13-15,17-19,22-30,32-34,36-40H,16,20-21,31,35H2,1-12H3. The van der Waals surface area contributed by atoms with Gasteiger partial charge in [-0.05, 0) is 150 Å². The third-order valence-electron chi connectivity index (χ3n) is 15.8. The Morgan fingerprint density at radius 2 is 1.00 bits per heavy atom. The van der Waals surface area contributed by atoms with E-state index >= 15 is 0 Å². The first kappa shape index (κ1) is 44.5. The van der Waals surface area contributed by atoms with E-state index in [2.05, 4.69) is 232 Å². The quantitative estimate of drug-likeness (QED) is 0.163. The number of benzene rings is 7. The average Bonchev–Trinajstić information content (AvgIpc) is 3.30. The van der Waals surface area contributed by atoms with Crippen LogP contribution >= 0.6 is 0 Å². The van der Waals surface area contributed by atoms with Crippen LogP contribution in [-0.4, -0.2) is 6.71 Å². The van der Waals surface area contributed by atoms with Crippen molar-refractivity contribution in [2.45, 2.75) is 131 Å². The van der Waals surface area contributed by atoms with Crippen molar-refractivity contribution in [3.63, 3.8) is 0 Å². The molecule has 0 radical (unpaired) electrons. The molecule has 0 bridgehead atoms. The summed E-state index contributed by atoms with van der Waals surface area (Å²) in [4.78, 5) is 5.45. The Morgan fingerprint density at radius 3 is 1.66 bits per heavy atom. The molecule has 2 heterocycles. The zero-order valence-electron chi connectivity index (χ0n) is 42.8. The third kappa shape index (κ3) is 7.38. The molecule has 11 rings (SSSR count). The molecule has 3 heteroatoms. The Labute approximate surface area is 407 Å². The number of aryl methyl sites for hydroxylation is 2. The normalized spacial score (nSPS) is 15.9. The topological polar surface area (TPSA) is 6.48 Å². The molecule has 7 aromatic carbocycles. The second kappa shape index (κ2) is 15.7. The molecule has 4 aliphatic rings. The van der Waals surface area contributed by atoms with Crippen LogP contribution in [0.2, 0.25) is 0 Å². The summed E-state index contributed by atoms with van der Waals surface area (Å²) in [6, 6.07) is 52.6. The molecule has 0 atom stereocenters. The van der Waals surface area contributed by atoms with Gasteiger partial charge in [0.05, 0.1) is 5.69 Å². The zero-order valence-corrected chi connectivity index (χ0v) is 42.8. The second-order valence-corrected chi connectivity index (χ2v) is 24.5. The summed E-state index contributed by atoms with van der Waals surface area (Å²) in [6.45, 7) is 28.4. The minimum atomic E-state index is -0.120. The lowest BCUT2D eigenvalue weighted by atomic mass is 9.33. The molecule has 7 aromatic rings. The lowest BCUT2D eigenvalue weighted by Crippen LogP contribution is -2.62. The summed E-state index contributed by atoms with van der Waals surface area (Å²) in [5.41, 5.74) is 25.6. The summed E-state index contributed by atoms with van der Waals surface area (Å²) in [7, 11) is 0. The molecule has 68 heavy (non-hydrogen) atoms. The van der Waals surface area contributed by atoms with Gasteiger partial charge in [0.2, 0.25) is 0 Å². The van der Waals surface area contributed by atoms with Gasteiger partial charge in [-0.1, -0.05) is 198 Å². The van der Waals surface area contributed by atoms with Crippen LogP contribution in [0.5, 0.6) is 0 Å². The van der Waals surface area contributed by atoms with Gasteiger partial charge in [-0.2, -0.15) is 0 Å². The van der Waals surface area contributed by atoms with Crippen molar-refractivity contribution in [1.82, 2.24) is 0 Å². The fraction of sp³-hybridized carbons (Fsp3) is 0.323. The van der Waals surface area contributed by atoms with Crippen LogP contribution in [-0.2, 0) is 29.1 Å². The van der Waals surface area contributed by atoms with E-state index in [1.807, 2.05) is 0 Å². The van der Waals surface area contributed by atoms with Crippen molar-refractivity contribution < 1.29 is 0 Å². The second-order valence-electron chi connectivity index (χ2n) is 24.5. The van der Waals surface area contributed by atoms with Crippen molar-refractivity contribution >= 4 is 67.9 Å². The lowest BCUT2D eigenvalue weighted by Gasteiger charge is -2.47. The van der Waals surface area contributed by atoms with E-state index in [9.17, 15) is 0 Å². The highest BCUT2D eigenvalue weighted by Crippen LogP contribution is 2.51. The first-order valence-electron chi connectivity index (χ1n) is 25.5. The summed E-state index contributed by atoms with van der Waals surface area (Å²) in [5, 5.41) is 2.82. The van der Waals surface area contributed by atoms with E-state index in [-0.39, 0.29) is 28.4 Å². The van der Waals surface area contributed by atoms with Crippen LogP contribution < -0.4 is 26.2 Å². The number of fused-ring (bicyclic) bond motifs is 4. The van der Waals surface area contributed by atoms with Crippen LogP contribution in [0.3, 0.4) is 0 Å².